The van der Waals surface area contributed by atoms with Gasteiger partial charge in [0.05, 0.1) is 0 Å². The monoisotopic (exact) mass is 330 g/mol. The molecule has 4 nitrogen and oxygen atoms in total. The van der Waals surface area contributed by atoms with Gasteiger partial charge in [0.15, 0.2) is 6.10 Å². The maximum absolute atomic E-state index is 13.6. The number of halogens is 4. The van der Waals surface area contributed by atoms with Crippen LogP contribution in [0.5, 0.6) is 5.75 Å². The molecule has 0 fully saturated rings. The fraction of sp³-hybridized carbons (Fsp3) is 0.133. The lowest BCUT2D eigenvalue weighted by atomic mass is 9.99. The fourth-order valence-corrected chi connectivity index (χ4v) is 1.99. The van der Waals surface area contributed by atoms with Crippen molar-refractivity contribution in [1.82, 2.24) is 0 Å². The van der Waals surface area contributed by atoms with Crippen molar-refractivity contribution in [3.8, 4) is 16.9 Å². The van der Waals surface area contributed by atoms with E-state index in [-0.39, 0.29) is 16.7 Å². The predicted octanol–water partition coefficient (Wildman–Crippen LogP) is 3.51. The zero-order valence-corrected chi connectivity index (χ0v) is 11.3. The van der Waals surface area contributed by atoms with Crippen LogP contribution in [0.3, 0.4) is 0 Å². The van der Waals surface area contributed by atoms with Gasteiger partial charge in [-0.2, -0.15) is 0 Å². The van der Waals surface area contributed by atoms with E-state index in [4.69, 9.17) is 5.11 Å². The fourth-order valence-electron chi connectivity index (χ4n) is 1.99. The molecule has 0 aliphatic heterocycles. The molecule has 2 aromatic rings. The molecule has 0 spiro atoms. The smallest absolute Gasteiger partial charge is 0.479 e. The summed E-state index contributed by atoms with van der Waals surface area (Å²) in [4.78, 5) is 10.8. The Hall–Kier alpha value is -2.61. The molecule has 0 aliphatic rings. The third-order valence-corrected chi connectivity index (χ3v) is 2.89. The second kappa shape index (κ2) is 6.25. The first-order valence-electron chi connectivity index (χ1n) is 6.24. The van der Waals surface area contributed by atoms with Crippen molar-refractivity contribution in [3.63, 3.8) is 0 Å². The molecule has 2 rings (SSSR count). The van der Waals surface area contributed by atoms with E-state index in [1.165, 1.54) is 18.2 Å². The summed E-state index contributed by atoms with van der Waals surface area (Å²) < 4.78 is 54.8. The van der Waals surface area contributed by atoms with Gasteiger partial charge in [-0.25, -0.2) is 9.18 Å². The Bertz CT molecular complexity index is 728. The maximum atomic E-state index is 13.6. The highest BCUT2D eigenvalue weighted by molar-refractivity contribution is 5.76. The van der Waals surface area contributed by atoms with Crippen LogP contribution in [-0.2, 0) is 4.79 Å². The van der Waals surface area contributed by atoms with Gasteiger partial charge in [-0.05, 0) is 35.4 Å². The number of rotatable bonds is 4. The lowest BCUT2D eigenvalue weighted by Crippen LogP contribution is -2.17. The Balaban J connectivity index is 2.53. The molecule has 1 unspecified atom stereocenters. The quantitative estimate of drug-likeness (QED) is 0.842. The summed E-state index contributed by atoms with van der Waals surface area (Å²) in [6.45, 7) is 0. The molecular weight excluding hydrogens is 320 g/mol. The van der Waals surface area contributed by atoms with Gasteiger partial charge < -0.3 is 14.9 Å². The molecule has 0 saturated carbocycles. The SMILES string of the molecule is O=C(O)C(O)c1cc(F)cc(-c2ccccc2OC(F)(F)F)c1. The zero-order chi connectivity index (χ0) is 17.2. The van der Waals surface area contributed by atoms with Gasteiger partial charge in [0.1, 0.15) is 11.6 Å². The molecule has 0 aliphatic carbocycles. The number of alkyl halides is 3. The van der Waals surface area contributed by atoms with Gasteiger partial charge in [-0.1, -0.05) is 18.2 Å². The van der Waals surface area contributed by atoms with Crippen LogP contribution in [0.25, 0.3) is 11.1 Å². The molecule has 8 heteroatoms. The minimum Gasteiger partial charge on any atom is -0.479 e. The number of carboxylic acids is 1. The highest BCUT2D eigenvalue weighted by Gasteiger charge is 2.32. The molecule has 0 aromatic heterocycles. The first kappa shape index (κ1) is 16.8. The van der Waals surface area contributed by atoms with Gasteiger partial charge in [0, 0.05) is 5.56 Å². The van der Waals surface area contributed by atoms with E-state index in [1.807, 2.05) is 0 Å². The molecule has 0 bridgehead atoms. The van der Waals surface area contributed by atoms with E-state index in [0.29, 0.717) is 0 Å². The Morgan fingerprint density at radius 1 is 1.13 bits per heavy atom. The molecule has 0 heterocycles. The van der Waals surface area contributed by atoms with Crippen molar-refractivity contribution in [2.75, 3.05) is 0 Å². The van der Waals surface area contributed by atoms with Crippen LogP contribution in [0.1, 0.15) is 11.7 Å². The molecule has 23 heavy (non-hydrogen) atoms. The number of ether oxygens (including phenoxy) is 1. The van der Waals surface area contributed by atoms with Crippen LogP contribution in [-0.4, -0.2) is 22.5 Å². The van der Waals surface area contributed by atoms with Crippen LogP contribution in [0.2, 0.25) is 0 Å². The molecule has 0 amide bonds. The van der Waals surface area contributed by atoms with Crippen LogP contribution in [0.4, 0.5) is 17.6 Å². The Morgan fingerprint density at radius 2 is 1.78 bits per heavy atom. The second-order valence-corrected chi connectivity index (χ2v) is 4.56. The number of para-hydroxylation sites is 1. The summed E-state index contributed by atoms with van der Waals surface area (Å²) in [7, 11) is 0. The van der Waals surface area contributed by atoms with E-state index in [1.54, 1.807) is 0 Å². The van der Waals surface area contributed by atoms with E-state index < -0.39 is 30.0 Å². The molecule has 2 aromatic carbocycles. The van der Waals surface area contributed by atoms with Gasteiger partial charge in [0.2, 0.25) is 0 Å². The number of hydrogen-bond donors (Lipinski definition) is 2. The van der Waals surface area contributed by atoms with Gasteiger partial charge in [-0.3, -0.25) is 0 Å². The summed E-state index contributed by atoms with van der Waals surface area (Å²) in [5.41, 5.74) is -0.447. The summed E-state index contributed by atoms with van der Waals surface area (Å²) in [5.74, 6) is -3.08. The Kier molecular flexibility index (Phi) is 4.55. The van der Waals surface area contributed by atoms with E-state index in [0.717, 1.165) is 24.3 Å². The van der Waals surface area contributed by atoms with Crippen molar-refractivity contribution >= 4 is 5.97 Å². The molecule has 0 radical (unpaired) electrons. The summed E-state index contributed by atoms with van der Waals surface area (Å²) in [6.07, 6.45) is -6.94. The summed E-state index contributed by atoms with van der Waals surface area (Å²) in [6, 6.07) is 7.80. The molecule has 1 atom stereocenters. The third-order valence-electron chi connectivity index (χ3n) is 2.89. The van der Waals surface area contributed by atoms with Crippen LogP contribution >= 0.6 is 0 Å². The van der Waals surface area contributed by atoms with Crippen molar-refractivity contribution in [3.05, 3.63) is 53.8 Å². The van der Waals surface area contributed by atoms with Crippen molar-refractivity contribution in [1.29, 1.82) is 0 Å². The topological polar surface area (TPSA) is 66.8 Å². The molecular formula is C15H10F4O4. The molecule has 0 saturated heterocycles. The van der Waals surface area contributed by atoms with Gasteiger partial charge in [0.25, 0.3) is 0 Å². The van der Waals surface area contributed by atoms with Gasteiger partial charge >= 0.3 is 12.3 Å². The first-order valence-corrected chi connectivity index (χ1v) is 6.24. The van der Waals surface area contributed by atoms with Crippen LogP contribution in [0.15, 0.2) is 42.5 Å². The second-order valence-electron chi connectivity index (χ2n) is 4.56. The highest BCUT2D eigenvalue weighted by atomic mass is 19.4. The summed E-state index contributed by atoms with van der Waals surface area (Å²) >= 11 is 0. The van der Waals surface area contributed by atoms with E-state index in [9.17, 15) is 27.5 Å². The number of carboxylic acid groups (broad SMARTS) is 1. The normalized spacial score (nSPS) is 12.7. The van der Waals surface area contributed by atoms with Gasteiger partial charge in [-0.15, -0.1) is 13.2 Å². The average Bonchev–Trinajstić information content (AvgIpc) is 2.44. The highest BCUT2D eigenvalue weighted by Crippen LogP contribution is 2.35. The minimum absolute atomic E-state index is 0.0554. The standard InChI is InChI=1S/C15H10F4O4/c16-10-6-8(5-9(7-10)13(20)14(21)22)11-3-1-2-4-12(11)23-15(17,18)19/h1-7,13,20H,(H,21,22). The van der Waals surface area contributed by atoms with Crippen molar-refractivity contribution < 1.29 is 37.3 Å². The van der Waals surface area contributed by atoms with E-state index >= 15 is 0 Å². The number of benzene rings is 2. The Morgan fingerprint density at radius 3 is 2.39 bits per heavy atom. The number of hydrogen-bond acceptors (Lipinski definition) is 3. The van der Waals surface area contributed by atoms with Crippen molar-refractivity contribution in [2.45, 2.75) is 12.5 Å². The molecule has 122 valence electrons. The average molecular weight is 330 g/mol. The number of aliphatic hydroxyl groups excluding tert-OH is 1. The molecule has 2 N–H and O–H groups in total. The van der Waals surface area contributed by atoms with Crippen LogP contribution in [0, 0.1) is 5.82 Å². The zero-order valence-electron chi connectivity index (χ0n) is 11.3. The first-order chi connectivity index (χ1) is 10.7. The number of aliphatic hydroxyl groups is 1. The lowest BCUT2D eigenvalue weighted by Gasteiger charge is -2.14. The largest absolute Gasteiger partial charge is 0.573 e. The van der Waals surface area contributed by atoms with Crippen LogP contribution < -0.4 is 4.74 Å². The Labute approximate surface area is 127 Å². The lowest BCUT2D eigenvalue weighted by molar-refractivity contribution is -0.274. The van der Waals surface area contributed by atoms with E-state index in [2.05, 4.69) is 4.74 Å². The number of aliphatic carboxylic acids is 1. The maximum Gasteiger partial charge on any atom is 0.573 e. The number of carbonyl (C=O) groups is 1. The van der Waals surface area contributed by atoms with Crippen molar-refractivity contribution in [2.24, 2.45) is 0 Å². The summed E-state index contributed by atoms with van der Waals surface area (Å²) in [5, 5.41) is 18.2. The predicted molar refractivity (Wildman–Crippen MR) is 71.1 cm³/mol. The minimum atomic E-state index is -4.94. The third kappa shape index (κ3) is 4.19.